The van der Waals surface area contributed by atoms with E-state index in [0.29, 0.717) is 0 Å². The molecule has 20 heavy (non-hydrogen) atoms. The average molecular weight is 286 g/mol. The van der Waals surface area contributed by atoms with Gasteiger partial charge in [0.15, 0.2) is 11.5 Å². The van der Waals surface area contributed by atoms with E-state index >= 15 is 0 Å². The molecule has 0 aromatic carbocycles. The van der Waals surface area contributed by atoms with E-state index in [9.17, 15) is 13.2 Å². The van der Waals surface area contributed by atoms with E-state index in [0.717, 1.165) is 11.8 Å². The van der Waals surface area contributed by atoms with Crippen molar-refractivity contribution >= 4 is 5.95 Å². The highest BCUT2D eigenvalue weighted by Gasteiger charge is 2.34. The van der Waals surface area contributed by atoms with Gasteiger partial charge in [0.25, 0.3) is 0 Å². The third-order valence-corrected chi connectivity index (χ3v) is 2.57. The Hall–Kier alpha value is -2.16. The van der Waals surface area contributed by atoms with Crippen LogP contribution in [0.25, 0.3) is 5.82 Å². The first kappa shape index (κ1) is 14.3. The van der Waals surface area contributed by atoms with E-state index in [1.54, 1.807) is 6.07 Å². The van der Waals surface area contributed by atoms with Gasteiger partial charge in [-0.3, -0.25) is 5.43 Å². The number of hydrogen-bond acceptors (Lipinski definition) is 5. The summed E-state index contributed by atoms with van der Waals surface area (Å²) in [6, 6.07) is 2.54. The second kappa shape index (κ2) is 5.08. The zero-order valence-corrected chi connectivity index (χ0v) is 10.8. The molecule has 0 spiro atoms. The monoisotopic (exact) mass is 286 g/mol. The first-order chi connectivity index (χ1) is 9.31. The molecule has 0 unspecified atom stereocenters. The van der Waals surface area contributed by atoms with Gasteiger partial charge in [-0.05, 0) is 12.0 Å². The summed E-state index contributed by atoms with van der Waals surface area (Å²) in [7, 11) is 0. The van der Waals surface area contributed by atoms with Gasteiger partial charge in [-0.25, -0.2) is 15.5 Å². The standard InChI is InChI=1S/C11H13F3N6/c1-6(2)7-3-4-20(19-7)9-5-8(11(12,13)14)16-10(17-9)18-15/h3-6H,15H2,1-2H3,(H,16,17,18). The largest absolute Gasteiger partial charge is 0.433 e. The van der Waals surface area contributed by atoms with Gasteiger partial charge in [-0.15, -0.1) is 0 Å². The normalized spacial score (nSPS) is 11.9. The van der Waals surface area contributed by atoms with Crippen molar-refractivity contribution < 1.29 is 13.2 Å². The van der Waals surface area contributed by atoms with Crippen molar-refractivity contribution in [3.05, 3.63) is 29.7 Å². The smallest absolute Gasteiger partial charge is 0.292 e. The Labute approximate surface area is 112 Å². The van der Waals surface area contributed by atoms with Crippen molar-refractivity contribution in [2.24, 2.45) is 5.84 Å². The maximum Gasteiger partial charge on any atom is 0.433 e. The topological polar surface area (TPSA) is 81.7 Å². The maximum atomic E-state index is 12.7. The average Bonchev–Trinajstić information content (AvgIpc) is 2.87. The van der Waals surface area contributed by atoms with E-state index in [-0.39, 0.29) is 17.7 Å². The van der Waals surface area contributed by atoms with E-state index in [1.807, 2.05) is 19.3 Å². The molecule has 2 aromatic rings. The number of anilines is 1. The molecule has 3 N–H and O–H groups in total. The van der Waals surface area contributed by atoms with Crippen molar-refractivity contribution in [2.75, 3.05) is 5.43 Å². The molecular weight excluding hydrogens is 273 g/mol. The lowest BCUT2D eigenvalue weighted by Gasteiger charge is -2.10. The molecule has 0 radical (unpaired) electrons. The van der Waals surface area contributed by atoms with Crippen LogP contribution >= 0.6 is 0 Å². The van der Waals surface area contributed by atoms with Crippen LogP contribution in [-0.2, 0) is 6.18 Å². The molecule has 9 heteroatoms. The number of alkyl halides is 3. The first-order valence-corrected chi connectivity index (χ1v) is 5.80. The Balaban J connectivity index is 2.49. The van der Waals surface area contributed by atoms with Gasteiger partial charge < -0.3 is 0 Å². The van der Waals surface area contributed by atoms with Crippen LogP contribution in [0.3, 0.4) is 0 Å². The molecule has 2 aromatic heterocycles. The van der Waals surface area contributed by atoms with Crippen LogP contribution in [0.1, 0.15) is 31.2 Å². The Morgan fingerprint density at radius 3 is 2.50 bits per heavy atom. The fraction of sp³-hybridized carbons (Fsp3) is 0.364. The van der Waals surface area contributed by atoms with Crippen LogP contribution in [-0.4, -0.2) is 19.7 Å². The number of nitrogen functional groups attached to an aromatic ring is 1. The van der Waals surface area contributed by atoms with Gasteiger partial charge in [0.1, 0.15) is 0 Å². The predicted octanol–water partition coefficient (Wildman–Crippen LogP) is 2.09. The second-order valence-corrected chi connectivity index (χ2v) is 4.42. The summed E-state index contributed by atoms with van der Waals surface area (Å²) in [6.07, 6.45) is -3.05. The number of halogens is 3. The van der Waals surface area contributed by atoms with Crippen molar-refractivity contribution in [3.8, 4) is 5.82 Å². The van der Waals surface area contributed by atoms with Crippen LogP contribution in [0.5, 0.6) is 0 Å². The van der Waals surface area contributed by atoms with Crippen molar-refractivity contribution in [3.63, 3.8) is 0 Å². The summed E-state index contributed by atoms with van der Waals surface area (Å²) in [5.41, 5.74) is 1.68. The zero-order valence-electron chi connectivity index (χ0n) is 10.8. The minimum absolute atomic E-state index is 0.00725. The van der Waals surface area contributed by atoms with Gasteiger partial charge in [-0.2, -0.15) is 23.3 Å². The van der Waals surface area contributed by atoms with E-state index in [1.165, 1.54) is 10.9 Å². The summed E-state index contributed by atoms with van der Waals surface area (Å²) in [4.78, 5) is 7.14. The van der Waals surface area contributed by atoms with Gasteiger partial charge in [0, 0.05) is 12.3 Å². The van der Waals surface area contributed by atoms with E-state index in [2.05, 4.69) is 15.1 Å². The van der Waals surface area contributed by atoms with Crippen LogP contribution < -0.4 is 11.3 Å². The quantitative estimate of drug-likeness (QED) is 0.667. The summed E-state index contributed by atoms with van der Waals surface area (Å²) >= 11 is 0. The molecule has 0 fully saturated rings. The third-order valence-electron chi connectivity index (χ3n) is 2.57. The SMILES string of the molecule is CC(C)c1ccn(-c2cc(C(F)(F)F)nc(NN)n2)n1. The lowest BCUT2D eigenvalue weighted by atomic mass is 10.1. The van der Waals surface area contributed by atoms with Gasteiger partial charge in [-0.1, -0.05) is 13.8 Å². The Bertz CT molecular complexity index is 604. The van der Waals surface area contributed by atoms with Crippen LogP contribution in [0.2, 0.25) is 0 Å². The van der Waals surface area contributed by atoms with Crippen LogP contribution in [0.4, 0.5) is 19.1 Å². The molecule has 0 amide bonds. The van der Waals surface area contributed by atoms with Gasteiger partial charge in [0.2, 0.25) is 5.95 Å². The summed E-state index contributed by atoms with van der Waals surface area (Å²) in [5.74, 6) is 4.92. The lowest BCUT2D eigenvalue weighted by molar-refractivity contribution is -0.141. The highest BCUT2D eigenvalue weighted by molar-refractivity contribution is 5.35. The predicted molar refractivity (Wildman–Crippen MR) is 66.1 cm³/mol. The molecule has 0 atom stereocenters. The minimum Gasteiger partial charge on any atom is -0.292 e. The molecule has 0 saturated carbocycles. The molecule has 2 heterocycles. The van der Waals surface area contributed by atoms with Crippen molar-refractivity contribution in [1.82, 2.24) is 19.7 Å². The number of nitrogens with zero attached hydrogens (tertiary/aromatic N) is 4. The molecule has 0 aliphatic carbocycles. The van der Waals surface area contributed by atoms with E-state index < -0.39 is 11.9 Å². The Morgan fingerprint density at radius 2 is 2.00 bits per heavy atom. The molecule has 108 valence electrons. The molecule has 6 nitrogen and oxygen atoms in total. The summed E-state index contributed by atoms with van der Waals surface area (Å²) in [6.45, 7) is 3.86. The molecule has 0 saturated heterocycles. The zero-order chi connectivity index (χ0) is 14.9. The second-order valence-electron chi connectivity index (χ2n) is 4.42. The van der Waals surface area contributed by atoms with Gasteiger partial charge >= 0.3 is 6.18 Å². The van der Waals surface area contributed by atoms with Crippen LogP contribution in [0.15, 0.2) is 18.3 Å². The van der Waals surface area contributed by atoms with Crippen molar-refractivity contribution in [2.45, 2.75) is 25.9 Å². The summed E-state index contributed by atoms with van der Waals surface area (Å²) in [5, 5.41) is 4.17. The fourth-order valence-electron chi connectivity index (χ4n) is 1.54. The highest BCUT2D eigenvalue weighted by atomic mass is 19.4. The van der Waals surface area contributed by atoms with Gasteiger partial charge in [0.05, 0.1) is 5.69 Å². The van der Waals surface area contributed by atoms with E-state index in [4.69, 9.17) is 5.84 Å². The molecular formula is C11H13F3N6. The molecule has 2 rings (SSSR count). The Kier molecular flexibility index (Phi) is 3.62. The maximum absolute atomic E-state index is 12.7. The number of hydrazine groups is 1. The minimum atomic E-state index is -4.59. The number of nitrogens with one attached hydrogen (secondary N) is 1. The molecule has 0 aliphatic heterocycles. The Morgan fingerprint density at radius 1 is 1.30 bits per heavy atom. The van der Waals surface area contributed by atoms with Crippen LogP contribution in [0, 0.1) is 0 Å². The molecule has 0 bridgehead atoms. The highest BCUT2D eigenvalue weighted by Crippen LogP contribution is 2.29. The van der Waals surface area contributed by atoms with Crippen molar-refractivity contribution in [1.29, 1.82) is 0 Å². The number of nitrogens with two attached hydrogens (primary N) is 1. The number of aromatic nitrogens is 4. The number of hydrogen-bond donors (Lipinski definition) is 2. The fourth-order valence-corrected chi connectivity index (χ4v) is 1.54. The lowest BCUT2D eigenvalue weighted by Crippen LogP contribution is -2.17. The summed E-state index contributed by atoms with van der Waals surface area (Å²) < 4.78 is 39.5. The first-order valence-electron chi connectivity index (χ1n) is 5.80. The third kappa shape index (κ3) is 2.87. The number of rotatable bonds is 3. The molecule has 0 aliphatic rings.